The Labute approximate surface area is 123 Å². The first-order valence-corrected chi connectivity index (χ1v) is 6.58. The largest absolute Gasteiger partial charge is 0.337 e. The molecule has 0 aliphatic carbocycles. The first-order chi connectivity index (χ1) is 10.1. The van der Waals surface area contributed by atoms with Gasteiger partial charge in [-0.15, -0.1) is 0 Å². The van der Waals surface area contributed by atoms with E-state index in [1.165, 1.54) is 6.92 Å². The van der Waals surface area contributed by atoms with Crippen LogP contribution in [0.4, 0.5) is 5.69 Å². The molecule has 0 spiro atoms. The number of nitrogens with one attached hydrogen (secondary N) is 1. The molecular weight excluding hydrogens is 266 g/mol. The highest BCUT2D eigenvalue weighted by atomic mass is 16.2. The fourth-order valence-corrected chi connectivity index (χ4v) is 1.99. The lowest BCUT2D eigenvalue weighted by molar-refractivity contribution is -0.114. The number of hydrogen-bond donors (Lipinski definition) is 1. The van der Waals surface area contributed by atoms with E-state index < -0.39 is 0 Å². The Bertz CT molecular complexity index is 641. The molecular formula is C16H17N3O2. The Hall–Kier alpha value is -2.69. The van der Waals surface area contributed by atoms with Crippen molar-refractivity contribution in [1.82, 2.24) is 9.88 Å². The average molecular weight is 283 g/mol. The summed E-state index contributed by atoms with van der Waals surface area (Å²) in [4.78, 5) is 29.1. The van der Waals surface area contributed by atoms with E-state index in [0.717, 1.165) is 5.56 Å². The standard InChI is InChI=1S/C16H17N3O2/c1-12(20)18-15-7-3-6-14(9-15)16(21)19(2)11-13-5-4-8-17-10-13/h3-10H,11H2,1-2H3,(H,18,20). The number of amides is 2. The SMILES string of the molecule is CC(=O)Nc1cccc(C(=O)N(C)Cc2cccnc2)c1. The van der Waals surface area contributed by atoms with Gasteiger partial charge < -0.3 is 10.2 Å². The summed E-state index contributed by atoms with van der Waals surface area (Å²) in [6.45, 7) is 1.92. The number of anilines is 1. The third kappa shape index (κ3) is 4.14. The van der Waals surface area contributed by atoms with E-state index in [9.17, 15) is 9.59 Å². The molecule has 0 fully saturated rings. The number of carbonyl (C=O) groups is 2. The fraction of sp³-hybridized carbons (Fsp3) is 0.188. The molecule has 0 aliphatic rings. The van der Waals surface area contributed by atoms with Gasteiger partial charge in [0, 0.05) is 44.2 Å². The molecule has 1 aromatic heterocycles. The van der Waals surface area contributed by atoms with Crippen molar-refractivity contribution in [3.05, 3.63) is 59.9 Å². The number of benzene rings is 1. The van der Waals surface area contributed by atoms with E-state index in [0.29, 0.717) is 17.8 Å². The fourth-order valence-electron chi connectivity index (χ4n) is 1.99. The molecule has 0 bridgehead atoms. The van der Waals surface area contributed by atoms with Gasteiger partial charge in [-0.3, -0.25) is 14.6 Å². The minimum atomic E-state index is -0.164. The van der Waals surface area contributed by atoms with E-state index in [1.807, 2.05) is 12.1 Å². The number of rotatable bonds is 4. The molecule has 2 aromatic rings. The van der Waals surface area contributed by atoms with Gasteiger partial charge in [-0.05, 0) is 29.8 Å². The van der Waals surface area contributed by atoms with Gasteiger partial charge >= 0.3 is 0 Å². The zero-order chi connectivity index (χ0) is 15.2. The molecule has 0 saturated heterocycles. The number of nitrogens with zero attached hydrogens (tertiary/aromatic N) is 2. The van der Waals surface area contributed by atoms with Crippen LogP contribution in [-0.4, -0.2) is 28.7 Å². The van der Waals surface area contributed by atoms with Crippen LogP contribution in [0.25, 0.3) is 0 Å². The Morgan fingerprint density at radius 1 is 1.24 bits per heavy atom. The van der Waals surface area contributed by atoms with Crippen LogP contribution < -0.4 is 5.32 Å². The average Bonchev–Trinajstić information content (AvgIpc) is 2.47. The lowest BCUT2D eigenvalue weighted by atomic mass is 10.1. The normalized spacial score (nSPS) is 10.0. The molecule has 108 valence electrons. The molecule has 5 nitrogen and oxygen atoms in total. The van der Waals surface area contributed by atoms with Crippen LogP contribution in [0.3, 0.4) is 0 Å². The van der Waals surface area contributed by atoms with E-state index >= 15 is 0 Å². The van der Waals surface area contributed by atoms with Gasteiger partial charge in [0.15, 0.2) is 0 Å². The molecule has 1 N–H and O–H groups in total. The highest BCUT2D eigenvalue weighted by Crippen LogP contribution is 2.13. The summed E-state index contributed by atoms with van der Waals surface area (Å²) >= 11 is 0. The Kier molecular flexibility index (Phi) is 4.66. The Morgan fingerprint density at radius 2 is 2.05 bits per heavy atom. The van der Waals surface area contributed by atoms with Gasteiger partial charge in [0.2, 0.25) is 5.91 Å². The van der Waals surface area contributed by atoms with Crippen molar-refractivity contribution in [2.24, 2.45) is 0 Å². The molecule has 5 heteroatoms. The molecule has 21 heavy (non-hydrogen) atoms. The van der Waals surface area contributed by atoms with Crippen molar-refractivity contribution in [3.63, 3.8) is 0 Å². The molecule has 2 rings (SSSR count). The molecule has 2 amide bonds. The minimum absolute atomic E-state index is 0.106. The summed E-state index contributed by atoms with van der Waals surface area (Å²) in [6.07, 6.45) is 3.43. The van der Waals surface area contributed by atoms with Crippen molar-refractivity contribution in [3.8, 4) is 0 Å². The van der Waals surface area contributed by atoms with E-state index in [1.54, 1.807) is 48.6 Å². The van der Waals surface area contributed by atoms with E-state index in [-0.39, 0.29) is 11.8 Å². The molecule has 1 heterocycles. The highest BCUT2D eigenvalue weighted by molar-refractivity contribution is 5.96. The molecule has 0 unspecified atom stereocenters. The van der Waals surface area contributed by atoms with E-state index in [4.69, 9.17) is 0 Å². The maximum Gasteiger partial charge on any atom is 0.253 e. The molecule has 0 aliphatic heterocycles. The van der Waals surface area contributed by atoms with Gasteiger partial charge in [-0.25, -0.2) is 0 Å². The summed E-state index contributed by atoms with van der Waals surface area (Å²) in [7, 11) is 1.74. The smallest absolute Gasteiger partial charge is 0.253 e. The Balaban J connectivity index is 2.10. The van der Waals surface area contributed by atoms with E-state index in [2.05, 4.69) is 10.3 Å². The number of aromatic nitrogens is 1. The monoisotopic (exact) mass is 283 g/mol. The van der Waals surface area contributed by atoms with Crippen molar-refractivity contribution in [2.45, 2.75) is 13.5 Å². The third-order valence-electron chi connectivity index (χ3n) is 2.92. The van der Waals surface area contributed by atoms with Gasteiger partial charge in [0.05, 0.1) is 0 Å². The predicted octanol–water partition coefficient (Wildman–Crippen LogP) is 2.31. The van der Waals surface area contributed by atoms with Crippen LogP contribution in [0.1, 0.15) is 22.8 Å². The summed E-state index contributed by atoms with van der Waals surface area (Å²) in [5.74, 6) is -0.269. The zero-order valence-corrected chi connectivity index (χ0v) is 12.0. The van der Waals surface area contributed by atoms with Crippen molar-refractivity contribution >= 4 is 17.5 Å². The first kappa shape index (κ1) is 14.7. The maximum atomic E-state index is 12.4. The zero-order valence-electron chi connectivity index (χ0n) is 12.0. The number of carbonyl (C=O) groups excluding carboxylic acids is 2. The highest BCUT2D eigenvalue weighted by Gasteiger charge is 2.12. The van der Waals surface area contributed by atoms with Crippen LogP contribution in [0, 0.1) is 0 Å². The Morgan fingerprint density at radius 3 is 2.71 bits per heavy atom. The van der Waals surface area contributed by atoms with Crippen LogP contribution in [-0.2, 0) is 11.3 Å². The predicted molar refractivity (Wildman–Crippen MR) is 80.8 cm³/mol. The molecule has 0 radical (unpaired) electrons. The lowest BCUT2D eigenvalue weighted by Gasteiger charge is -2.17. The van der Waals surface area contributed by atoms with Crippen molar-refractivity contribution < 1.29 is 9.59 Å². The molecule has 0 atom stereocenters. The number of pyridine rings is 1. The van der Waals surface area contributed by atoms with Gasteiger partial charge in [-0.1, -0.05) is 12.1 Å². The quantitative estimate of drug-likeness (QED) is 0.936. The summed E-state index contributed by atoms with van der Waals surface area (Å²) < 4.78 is 0. The second kappa shape index (κ2) is 6.65. The van der Waals surface area contributed by atoms with Crippen LogP contribution in [0.5, 0.6) is 0 Å². The first-order valence-electron chi connectivity index (χ1n) is 6.58. The summed E-state index contributed by atoms with van der Waals surface area (Å²) in [5, 5.41) is 2.67. The topological polar surface area (TPSA) is 62.3 Å². The second-order valence-corrected chi connectivity index (χ2v) is 4.78. The maximum absolute atomic E-state index is 12.4. The molecule has 1 aromatic carbocycles. The molecule has 0 saturated carbocycles. The van der Waals surface area contributed by atoms with Gasteiger partial charge in [0.25, 0.3) is 5.91 Å². The third-order valence-corrected chi connectivity index (χ3v) is 2.92. The van der Waals surface area contributed by atoms with Crippen LogP contribution in [0.2, 0.25) is 0 Å². The second-order valence-electron chi connectivity index (χ2n) is 4.78. The van der Waals surface area contributed by atoms with Gasteiger partial charge in [-0.2, -0.15) is 0 Å². The van der Waals surface area contributed by atoms with Crippen molar-refractivity contribution in [1.29, 1.82) is 0 Å². The van der Waals surface area contributed by atoms with Crippen LogP contribution >= 0.6 is 0 Å². The van der Waals surface area contributed by atoms with Crippen molar-refractivity contribution in [2.75, 3.05) is 12.4 Å². The minimum Gasteiger partial charge on any atom is -0.337 e. The lowest BCUT2D eigenvalue weighted by Crippen LogP contribution is -2.26. The van der Waals surface area contributed by atoms with Crippen LogP contribution in [0.15, 0.2) is 48.8 Å². The number of hydrogen-bond acceptors (Lipinski definition) is 3. The van der Waals surface area contributed by atoms with Gasteiger partial charge in [0.1, 0.15) is 0 Å². The summed E-state index contributed by atoms with van der Waals surface area (Å²) in [6, 6.07) is 10.7. The summed E-state index contributed by atoms with van der Waals surface area (Å²) in [5.41, 5.74) is 2.11.